The summed E-state index contributed by atoms with van der Waals surface area (Å²) >= 11 is 0. The van der Waals surface area contributed by atoms with E-state index in [-0.39, 0.29) is 6.03 Å². The third-order valence-electron chi connectivity index (χ3n) is 4.65. The molecule has 3 aromatic rings. The van der Waals surface area contributed by atoms with E-state index in [0.29, 0.717) is 19.6 Å². The molecule has 2 aromatic heterocycles. The summed E-state index contributed by atoms with van der Waals surface area (Å²) in [5.74, 6) is 0. The van der Waals surface area contributed by atoms with E-state index in [0.717, 1.165) is 40.9 Å². The lowest BCUT2D eigenvalue weighted by Gasteiger charge is -2.20. The van der Waals surface area contributed by atoms with Gasteiger partial charge >= 0.3 is 6.03 Å². The van der Waals surface area contributed by atoms with Gasteiger partial charge in [-0.05, 0) is 18.1 Å². The number of nitrogens with one attached hydrogen (secondary N) is 1. The molecule has 1 aliphatic heterocycles. The molecular weight excluding hydrogens is 328 g/mol. The number of hydrogen-bond donors (Lipinski definition) is 1. The van der Waals surface area contributed by atoms with Crippen LogP contribution >= 0.6 is 0 Å². The van der Waals surface area contributed by atoms with E-state index in [1.165, 1.54) is 0 Å². The summed E-state index contributed by atoms with van der Waals surface area (Å²) in [5, 5.41) is 3.00. The normalized spacial score (nSPS) is 13.8. The Kier molecular flexibility index (Phi) is 4.64. The minimum absolute atomic E-state index is 0.0421. The first-order valence-corrected chi connectivity index (χ1v) is 8.73. The van der Waals surface area contributed by atoms with E-state index in [1.807, 2.05) is 41.3 Å². The quantitative estimate of drug-likeness (QED) is 0.790. The number of benzene rings is 1. The van der Waals surface area contributed by atoms with Gasteiger partial charge in [0, 0.05) is 42.9 Å². The van der Waals surface area contributed by atoms with Crippen LogP contribution in [-0.4, -0.2) is 34.0 Å². The smallest absolute Gasteiger partial charge is 0.317 e. The Morgan fingerprint density at radius 3 is 2.77 bits per heavy atom. The summed E-state index contributed by atoms with van der Waals surface area (Å²) in [5.41, 5.74) is 5.05. The van der Waals surface area contributed by atoms with Gasteiger partial charge in [0.1, 0.15) is 6.33 Å². The molecule has 0 saturated carbocycles. The second kappa shape index (κ2) is 7.39. The molecular formula is C20H20N4O2. The minimum Gasteiger partial charge on any atom is -0.472 e. The van der Waals surface area contributed by atoms with Gasteiger partial charge in [-0.25, -0.2) is 14.8 Å². The van der Waals surface area contributed by atoms with Gasteiger partial charge in [0.25, 0.3) is 0 Å². The van der Waals surface area contributed by atoms with Crippen molar-refractivity contribution < 1.29 is 9.21 Å². The van der Waals surface area contributed by atoms with E-state index in [1.54, 1.807) is 18.9 Å². The molecule has 0 radical (unpaired) electrons. The highest BCUT2D eigenvalue weighted by molar-refractivity contribution is 5.74. The number of nitrogens with zero attached hydrogens (tertiary/aromatic N) is 3. The molecule has 1 aliphatic rings. The first-order chi connectivity index (χ1) is 12.8. The summed E-state index contributed by atoms with van der Waals surface area (Å²) in [7, 11) is 0. The summed E-state index contributed by atoms with van der Waals surface area (Å²) in [4.78, 5) is 23.3. The van der Waals surface area contributed by atoms with Crippen LogP contribution in [0, 0.1) is 0 Å². The first-order valence-electron chi connectivity index (χ1n) is 8.73. The molecule has 0 unspecified atom stereocenters. The van der Waals surface area contributed by atoms with Gasteiger partial charge in [0.15, 0.2) is 0 Å². The van der Waals surface area contributed by atoms with Crippen LogP contribution in [0.2, 0.25) is 0 Å². The minimum atomic E-state index is -0.0421. The maximum Gasteiger partial charge on any atom is 0.317 e. The molecule has 0 saturated heterocycles. The van der Waals surface area contributed by atoms with Crippen LogP contribution < -0.4 is 5.32 Å². The van der Waals surface area contributed by atoms with Gasteiger partial charge in [-0.1, -0.05) is 30.3 Å². The average molecular weight is 348 g/mol. The molecule has 0 atom stereocenters. The Morgan fingerprint density at radius 1 is 1.12 bits per heavy atom. The Labute approximate surface area is 151 Å². The Balaban J connectivity index is 1.45. The molecule has 0 aliphatic carbocycles. The molecule has 4 rings (SSSR count). The fourth-order valence-corrected chi connectivity index (χ4v) is 3.26. The molecule has 0 spiro atoms. The number of urea groups is 1. The first kappa shape index (κ1) is 16.3. The molecule has 3 heterocycles. The topological polar surface area (TPSA) is 71.3 Å². The number of aromatic nitrogens is 2. The van der Waals surface area contributed by atoms with Crippen molar-refractivity contribution in [2.45, 2.75) is 19.4 Å². The van der Waals surface area contributed by atoms with E-state index in [9.17, 15) is 4.79 Å². The molecule has 0 bridgehead atoms. The van der Waals surface area contributed by atoms with Crippen molar-refractivity contribution in [2.24, 2.45) is 0 Å². The van der Waals surface area contributed by atoms with Crippen molar-refractivity contribution in [2.75, 3.05) is 13.1 Å². The molecule has 26 heavy (non-hydrogen) atoms. The molecule has 1 N–H and O–H groups in total. The van der Waals surface area contributed by atoms with Crippen LogP contribution in [0.4, 0.5) is 4.79 Å². The predicted octanol–water partition coefficient (Wildman–Crippen LogP) is 3.05. The maximum atomic E-state index is 12.6. The number of furan rings is 1. The monoisotopic (exact) mass is 348 g/mol. The number of carbonyl (C=O) groups is 1. The highest BCUT2D eigenvalue weighted by Crippen LogP contribution is 2.26. The van der Waals surface area contributed by atoms with E-state index in [2.05, 4.69) is 15.3 Å². The number of amides is 2. The zero-order valence-corrected chi connectivity index (χ0v) is 14.4. The lowest BCUT2D eigenvalue weighted by Crippen LogP contribution is -2.41. The van der Waals surface area contributed by atoms with Crippen LogP contribution in [0.5, 0.6) is 0 Å². The largest absolute Gasteiger partial charge is 0.472 e. The highest BCUT2D eigenvalue weighted by Gasteiger charge is 2.22. The van der Waals surface area contributed by atoms with Gasteiger partial charge in [-0.2, -0.15) is 0 Å². The van der Waals surface area contributed by atoms with E-state index < -0.39 is 0 Å². The van der Waals surface area contributed by atoms with Crippen molar-refractivity contribution in [3.05, 3.63) is 72.1 Å². The maximum absolute atomic E-state index is 12.6. The summed E-state index contributed by atoms with van der Waals surface area (Å²) in [6.45, 7) is 1.82. The Hall–Kier alpha value is -3.15. The van der Waals surface area contributed by atoms with Crippen LogP contribution in [0.25, 0.3) is 11.3 Å². The van der Waals surface area contributed by atoms with Gasteiger partial charge in [-0.3, -0.25) is 0 Å². The van der Waals surface area contributed by atoms with E-state index >= 15 is 0 Å². The number of hydrogen-bond acceptors (Lipinski definition) is 4. The molecule has 0 fully saturated rings. The standard InChI is InChI=1S/C20H20N4O2/c25-20(21-12-15-4-2-1-3-5-15)24-9-6-17-18(7-10-24)22-14-23-19(17)16-8-11-26-13-16/h1-5,8,11,13-14H,6-7,9-10,12H2,(H,21,25). The zero-order chi connectivity index (χ0) is 17.8. The van der Waals surface area contributed by atoms with Crippen LogP contribution in [0.15, 0.2) is 59.7 Å². The molecule has 2 amide bonds. The molecule has 1 aromatic carbocycles. The Bertz CT molecular complexity index is 878. The van der Waals surface area contributed by atoms with Gasteiger partial charge in [0.05, 0.1) is 18.2 Å². The third-order valence-corrected chi connectivity index (χ3v) is 4.65. The van der Waals surface area contributed by atoms with Crippen molar-refractivity contribution in [1.29, 1.82) is 0 Å². The number of fused-ring (bicyclic) bond motifs is 1. The van der Waals surface area contributed by atoms with Crippen molar-refractivity contribution in [3.8, 4) is 11.3 Å². The van der Waals surface area contributed by atoms with Crippen LogP contribution in [0.1, 0.15) is 16.8 Å². The zero-order valence-electron chi connectivity index (χ0n) is 14.4. The average Bonchev–Trinajstić information content (AvgIpc) is 3.13. The third kappa shape index (κ3) is 3.44. The van der Waals surface area contributed by atoms with Crippen molar-refractivity contribution >= 4 is 6.03 Å². The summed E-state index contributed by atoms with van der Waals surface area (Å²) < 4.78 is 5.19. The SMILES string of the molecule is O=C(NCc1ccccc1)N1CCc2ncnc(-c3ccoc3)c2CC1. The number of carbonyl (C=O) groups excluding carboxylic acids is 1. The summed E-state index contributed by atoms with van der Waals surface area (Å²) in [6.07, 6.45) is 6.38. The number of rotatable bonds is 3. The van der Waals surface area contributed by atoms with Gasteiger partial charge in [0.2, 0.25) is 0 Å². The van der Waals surface area contributed by atoms with Crippen LogP contribution in [0.3, 0.4) is 0 Å². The fraction of sp³-hybridized carbons (Fsp3) is 0.250. The molecule has 6 nitrogen and oxygen atoms in total. The van der Waals surface area contributed by atoms with Gasteiger partial charge in [-0.15, -0.1) is 0 Å². The second-order valence-electron chi connectivity index (χ2n) is 6.29. The highest BCUT2D eigenvalue weighted by atomic mass is 16.3. The lowest BCUT2D eigenvalue weighted by molar-refractivity contribution is 0.200. The fourth-order valence-electron chi connectivity index (χ4n) is 3.26. The summed E-state index contributed by atoms with van der Waals surface area (Å²) in [6, 6.07) is 11.8. The lowest BCUT2D eigenvalue weighted by atomic mass is 10.0. The molecule has 132 valence electrons. The molecule has 6 heteroatoms. The Morgan fingerprint density at radius 2 is 1.96 bits per heavy atom. The van der Waals surface area contributed by atoms with Gasteiger partial charge < -0.3 is 14.6 Å². The predicted molar refractivity (Wildman–Crippen MR) is 97.4 cm³/mol. The second-order valence-corrected chi connectivity index (χ2v) is 6.29. The van der Waals surface area contributed by atoms with Crippen LogP contribution in [-0.2, 0) is 19.4 Å². The van der Waals surface area contributed by atoms with Crippen molar-refractivity contribution in [3.63, 3.8) is 0 Å². The van der Waals surface area contributed by atoms with E-state index in [4.69, 9.17) is 4.42 Å². The van der Waals surface area contributed by atoms with Crippen molar-refractivity contribution in [1.82, 2.24) is 20.2 Å².